The highest BCUT2D eigenvalue weighted by molar-refractivity contribution is 7.99. The van der Waals surface area contributed by atoms with Gasteiger partial charge in [-0.3, -0.25) is 4.79 Å². The van der Waals surface area contributed by atoms with Gasteiger partial charge in [-0.05, 0) is 18.2 Å². The molecular formula is C11H8Cl2N2O2S. The number of hydrogen-bond acceptors (Lipinski definition) is 3. The van der Waals surface area contributed by atoms with E-state index >= 15 is 0 Å². The van der Waals surface area contributed by atoms with E-state index in [-0.39, 0.29) is 18.0 Å². The molecule has 1 atom stereocenters. The van der Waals surface area contributed by atoms with Gasteiger partial charge in [-0.25, -0.2) is 9.69 Å². The first-order chi connectivity index (χ1) is 8.58. The minimum atomic E-state index is -0.347. The number of amides is 3. The zero-order valence-corrected chi connectivity index (χ0v) is 11.4. The molecule has 2 fully saturated rings. The van der Waals surface area contributed by atoms with Crippen LogP contribution in [0.4, 0.5) is 10.5 Å². The van der Waals surface area contributed by atoms with E-state index in [0.717, 1.165) is 4.90 Å². The summed E-state index contributed by atoms with van der Waals surface area (Å²) >= 11 is 13.4. The average Bonchev–Trinajstić information content (AvgIpc) is 2.83. The number of thioether (sulfide) groups is 1. The van der Waals surface area contributed by atoms with Gasteiger partial charge in [0.1, 0.15) is 6.04 Å². The Bertz CT molecular complexity index is 510. The van der Waals surface area contributed by atoms with Crippen LogP contribution in [0.2, 0.25) is 10.0 Å². The lowest BCUT2D eigenvalue weighted by molar-refractivity contribution is -0.118. The summed E-state index contributed by atoms with van der Waals surface area (Å²) < 4.78 is 0. The summed E-state index contributed by atoms with van der Waals surface area (Å²) in [7, 11) is 0. The first-order valence-electron chi connectivity index (χ1n) is 5.26. The van der Waals surface area contributed by atoms with Gasteiger partial charge in [0.2, 0.25) is 0 Å². The number of anilines is 1. The smallest absolute Gasteiger partial charge is 0.302 e. The maximum Gasteiger partial charge on any atom is 0.332 e. The number of fused-ring (bicyclic) bond motifs is 1. The molecule has 2 aliphatic rings. The second-order valence-corrected chi connectivity index (χ2v) is 5.94. The Labute approximate surface area is 118 Å². The Morgan fingerprint density at radius 2 is 1.83 bits per heavy atom. The molecule has 3 rings (SSSR count). The molecule has 94 valence electrons. The number of halogens is 2. The highest BCUT2D eigenvalue weighted by atomic mass is 35.5. The number of nitrogens with zero attached hydrogens (tertiary/aromatic N) is 2. The maximum atomic E-state index is 12.2. The monoisotopic (exact) mass is 302 g/mol. The van der Waals surface area contributed by atoms with Crippen molar-refractivity contribution in [3.05, 3.63) is 28.2 Å². The van der Waals surface area contributed by atoms with E-state index < -0.39 is 0 Å². The second kappa shape index (κ2) is 4.33. The lowest BCUT2D eigenvalue weighted by Crippen LogP contribution is -2.32. The van der Waals surface area contributed by atoms with Gasteiger partial charge in [0.25, 0.3) is 5.91 Å². The van der Waals surface area contributed by atoms with Crippen LogP contribution in [-0.4, -0.2) is 34.5 Å². The third-order valence-corrected chi connectivity index (χ3v) is 4.38. The van der Waals surface area contributed by atoms with Crippen LogP contribution in [0.15, 0.2) is 18.2 Å². The molecule has 0 N–H and O–H groups in total. The number of hydrogen-bond donors (Lipinski definition) is 0. The number of urea groups is 1. The van der Waals surface area contributed by atoms with E-state index in [1.807, 2.05) is 0 Å². The Morgan fingerprint density at radius 3 is 2.44 bits per heavy atom. The third-order valence-electron chi connectivity index (χ3n) is 2.93. The summed E-state index contributed by atoms with van der Waals surface area (Å²) in [5, 5.41) is 0.805. The summed E-state index contributed by atoms with van der Waals surface area (Å²) in [4.78, 5) is 27.1. The van der Waals surface area contributed by atoms with Crippen molar-refractivity contribution in [2.75, 3.05) is 16.5 Å². The fourth-order valence-corrected chi connectivity index (χ4v) is 3.77. The van der Waals surface area contributed by atoms with Gasteiger partial charge in [-0.2, -0.15) is 0 Å². The van der Waals surface area contributed by atoms with Crippen LogP contribution in [0.5, 0.6) is 0 Å². The van der Waals surface area contributed by atoms with Gasteiger partial charge in [0.05, 0.1) is 11.6 Å². The number of imide groups is 1. The van der Waals surface area contributed by atoms with E-state index in [1.54, 1.807) is 34.9 Å². The lowest BCUT2D eigenvalue weighted by Gasteiger charge is -2.15. The molecular weight excluding hydrogens is 295 g/mol. The topological polar surface area (TPSA) is 40.6 Å². The van der Waals surface area contributed by atoms with E-state index in [9.17, 15) is 9.59 Å². The van der Waals surface area contributed by atoms with Crippen molar-refractivity contribution in [2.24, 2.45) is 0 Å². The van der Waals surface area contributed by atoms with Crippen molar-refractivity contribution in [1.29, 1.82) is 0 Å². The standard InChI is InChI=1S/C11H8Cl2N2O2S/c12-6-1-7(13)3-8(2-6)15-10(16)9-4-18-5-14(9)11(15)17/h1-3,9H,4-5H2. The zero-order valence-electron chi connectivity index (χ0n) is 9.10. The van der Waals surface area contributed by atoms with Gasteiger partial charge in [-0.15, -0.1) is 11.8 Å². The van der Waals surface area contributed by atoms with E-state index in [1.165, 1.54) is 0 Å². The Hall–Kier alpha value is -0.910. The zero-order chi connectivity index (χ0) is 12.9. The van der Waals surface area contributed by atoms with E-state index in [2.05, 4.69) is 0 Å². The minimum Gasteiger partial charge on any atom is -0.302 e. The molecule has 2 saturated heterocycles. The summed E-state index contributed by atoms with van der Waals surface area (Å²) in [6.07, 6.45) is 0. The van der Waals surface area contributed by atoms with Gasteiger partial charge >= 0.3 is 6.03 Å². The third kappa shape index (κ3) is 1.77. The van der Waals surface area contributed by atoms with Crippen molar-refractivity contribution in [2.45, 2.75) is 6.04 Å². The fourth-order valence-electron chi connectivity index (χ4n) is 2.11. The molecule has 1 unspecified atom stereocenters. The molecule has 0 spiro atoms. The van der Waals surface area contributed by atoms with Crippen molar-refractivity contribution < 1.29 is 9.59 Å². The van der Waals surface area contributed by atoms with Gasteiger partial charge in [0, 0.05) is 15.8 Å². The first kappa shape index (κ1) is 12.1. The van der Waals surface area contributed by atoms with Crippen LogP contribution < -0.4 is 4.90 Å². The molecule has 18 heavy (non-hydrogen) atoms. The lowest BCUT2D eigenvalue weighted by atomic mass is 10.2. The molecule has 0 radical (unpaired) electrons. The molecule has 1 aromatic rings. The maximum absolute atomic E-state index is 12.2. The fraction of sp³-hybridized carbons (Fsp3) is 0.273. The Morgan fingerprint density at radius 1 is 1.17 bits per heavy atom. The van der Waals surface area contributed by atoms with E-state index in [4.69, 9.17) is 23.2 Å². The Kier molecular flexibility index (Phi) is 2.92. The number of benzene rings is 1. The van der Waals surface area contributed by atoms with Crippen LogP contribution in [0.1, 0.15) is 0 Å². The number of carbonyl (C=O) groups excluding carboxylic acids is 2. The predicted octanol–water partition coefficient (Wildman–Crippen LogP) is 2.83. The summed E-state index contributed by atoms with van der Waals surface area (Å²) in [5.41, 5.74) is 0.432. The molecule has 4 nitrogen and oxygen atoms in total. The second-order valence-electron chi connectivity index (χ2n) is 4.07. The minimum absolute atomic E-state index is 0.205. The number of rotatable bonds is 1. The van der Waals surface area contributed by atoms with Crippen LogP contribution in [0, 0.1) is 0 Å². The summed E-state index contributed by atoms with van der Waals surface area (Å²) in [6, 6.07) is 4.06. The molecule has 2 heterocycles. The van der Waals surface area contributed by atoms with Gasteiger partial charge < -0.3 is 4.90 Å². The molecule has 0 aromatic heterocycles. The van der Waals surface area contributed by atoms with Gasteiger partial charge in [-0.1, -0.05) is 23.2 Å². The molecule has 2 aliphatic heterocycles. The highest BCUT2D eigenvalue weighted by Gasteiger charge is 2.48. The van der Waals surface area contributed by atoms with Crippen LogP contribution >= 0.6 is 35.0 Å². The molecule has 0 aliphatic carbocycles. The molecule has 1 aromatic carbocycles. The Balaban J connectivity index is 2.02. The van der Waals surface area contributed by atoms with Crippen LogP contribution in [0.25, 0.3) is 0 Å². The van der Waals surface area contributed by atoms with Crippen LogP contribution in [-0.2, 0) is 4.79 Å². The molecule has 7 heteroatoms. The summed E-state index contributed by atoms with van der Waals surface area (Å²) in [5.74, 6) is 0.999. The van der Waals surface area contributed by atoms with Gasteiger partial charge in [0.15, 0.2) is 0 Å². The average molecular weight is 303 g/mol. The predicted molar refractivity (Wildman–Crippen MR) is 72.3 cm³/mol. The highest BCUT2D eigenvalue weighted by Crippen LogP contribution is 2.34. The molecule has 0 saturated carbocycles. The molecule has 3 amide bonds. The van der Waals surface area contributed by atoms with Crippen molar-refractivity contribution in [1.82, 2.24) is 4.90 Å². The van der Waals surface area contributed by atoms with E-state index in [0.29, 0.717) is 27.4 Å². The first-order valence-corrected chi connectivity index (χ1v) is 7.17. The van der Waals surface area contributed by atoms with Crippen molar-refractivity contribution in [3.63, 3.8) is 0 Å². The SMILES string of the molecule is O=C1C2CSCN2C(=O)N1c1cc(Cl)cc(Cl)c1. The number of carbonyl (C=O) groups is 2. The molecule has 0 bridgehead atoms. The van der Waals surface area contributed by atoms with Crippen molar-refractivity contribution >= 4 is 52.6 Å². The van der Waals surface area contributed by atoms with Crippen LogP contribution in [0.3, 0.4) is 0 Å². The quantitative estimate of drug-likeness (QED) is 0.749. The summed E-state index contributed by atoms with van der Waals surface area (Å²) in [6.45, 7) is 0. The normalized spacial score (nSPS) is 22.9. The largest absolute Gasteiger partial charge is 0.332 e. The van der Waals surface area contributed by atoms with Crippen molar-refractivity contribution in [3.8, 4) is 0 Å².